The summed E-state index contributed by atoms with van der Waals surface area (Å²) in [5.74, 6) is -0.502. The largest absolute Gasteiger partial charge is 0.493 e. The second-order valence-electron chi connectivity index (χ2n) is 6.56. The number of alkyl halides is 3. The molecule has 0 saturated heterocycles. The summed E-state index contributed by atoms with van der Waals surface area (Å²) in [6, 6.07) is 17.6. The van der Waals surface area contributed by atoms with Gasteiger partial charge in [0, 0.05) is 16.7 Å². The number of anilines is 1. The van der Waals surface area contributed by atoms with Gasteiger partial charge in [-0.25, -0.2) is 0 Å². The minimum atomic E-state index is -4.73. The van der Waals surface area contributed by atoms with Gasteiger partial charge in [0.15, 0.2) is 11.5 Å². The molecule has 0 heterocycles. The number of ether oxygens (including phenoxy) is 2. The highest BCUT2D eigenvalue weighted by atomic mass is 35.5. The number of nitrogens with one attached hydrogen (secondary N) is 1. The molecule has 5 nitrogen and oxygen atoms in total. The van der Waals surface area contributed by atoms with Crippen LogP contribution < -0.4 is 14.8 Å². The fraction of sp³-hybridized carbons (Fsp3) is 0.130. The van der Waals surface area contributed by atoms with Gasteiger partial charge in [0.05, 0.1) is 30.0 Å². The molecule has 164 valence electrons. The van der Waals surface area contributed by atoms with E-state index in [9.17, 15) is 18.0 Å². The number of carbonyl (C=O) groups excluding carboxylic acids is 1. The Labute approximate surface area is 187 Å². The van der Waals surface area contributed by atoms with Crippen molar-refractivity contribution in [1.29, 1.82) is 5.26 Å². The van der Waals surface area contributed by atoms with Crippen molar-refractivity contribution >= 4 is 23.2 Å². The van der Waals surface area contributed by atoms with Gasteiger partial charge < -0.3 is 14.8 Å². The lowest BCUT2D eigenvalue weighted by Crippen LogP contribution is -2.27. The van der Waals surface area contributed by atoms with Crippen molar-refractivity contribution in [1.82, 2.24) is 0 Å². The summed E-state index contributed by atoms with van der Waals surface area (Å²) in [7, 11) is 1.37. The molecule has 3 aromatic carbocycles. The Kier molecular flexibility index (Phi) is 6.91. The maximum atomic E-state index is 13.4. The number of carbonyl (C=O) groups is 1. The average Bonchev–Trinajstić information content (AvgIpc) is 2.78. The Morgan fingerprint density at radius 3 is 2.41 bits per heavy atom. The minimum Gasteiger partial charge on any atom is -0.493 e. The van der Waals surface area contributed by atoms with E-state index in [4.69, 9.17) is 26.3 Å². The molecular formula is C23H16ClF3N2O3. The minimum absolute atomic E-state index is 0.117. The Morgan fingerprint density at radius 1 is 1.06 bits per heavy atom. The molecular weight excluding hydrogens is 445 g/mol. The van der Waals surface area contributed by atoms with Crippen molar-refractivity contribution in [2.24, 2.45) is 0 Å². The molecule has 0 fully saturated rings. The standard InChI is InChI=1S/C23H16ClF3N2O3/c1-31-20-11-14(13-28)7-10-19(20)32-21(15-5-3-2-4-6-15)22(30)29-18-9-8-16(24)12-17(18)23(25,26)27/h2-12,21H,1H3,(H,29,30)/t21-/m1/s1. The molecule has 3 rings (SSSR count). The SMILES string of the molecule is COc1cc(C#N)ccc1O[C@@H](C(=O)Nc1ccc(Cl)cc1C(F)(F)F)c1ccccc1. The molecule has 0 unspecified atom stereocenters. The summed E-state index contributed by atoms with van der Waals surface area (Å²) in [6.07, 6.45) is -6.04. The van der Waals surface area contributed by atoms with E-state index in [0.29, 0.717) is 11.1 Å². The summed E-state index contributed by atoms with van der Waals surface area (Å²) >= 11 is 5.71. The summed E-state index contributed by atoms with van der Waals surface area (Å²) in [6.45, 7) is 0. The maximum absolute atomic E-state index is 13.4. The number of rotatable bonds is 6. The number of hydrogen-bond acceptors (Lipinski definition) is 4. The highest BCUT2D eigenvalue weighted by molar-refractivity contribution is 6.30. The molecule has 0 radical (unpaired) electrons. The molecule has 0 saturated carbocycles. The molecule has 1 atom stereocenters. The predicted octanol–water partition coefficient (Wildman–Crippen LogP) is 6.00. The van der Waals surface area contributed by atoms with Crippen molar-refractivity contribution in [2.75, 3.05) is 12.4 Å². The van der Waals surface area contributed by atoms with Crippen LogP contribution in [0.3, 0.4) is 0 Å². The third-order valence-corrected chi connectivity index (χ3v) is 4.66. The normalized spacial score (nSPS) is 11.9. The van der Waals surface area contributed by atoms with Crippen LogP contribution in [0.2, 0.25) is 5.02 Å². The molecule has 3 aromatic rings. The second-order valence-corrected chi connectivity index (χ2v) is 7.00. The smallest absolute Gasteiger partial charge is 0.418 e. The number of hydrogen-bond donors (Lipinski definition) is 1. The van der Waals surface area contributed by atoms with Gasteiger partial charge in [0.2, 0.25) is 6.10 Å². The molecule has 0 aromatic heterocycles. The number of halogens is 4. The zero-order valence-corrected chi connectivity index (χ0v) is 17.4. The van der Waals surface area contributed by atoms with Crippen LogP contribution >= 0.6 is 11.6 Å². The van der Waals surface area contributed by atoms with Crippen LogP contribution in [-0.2, 0) is 11.0 Å². The molecule has 0 aliphatic heterocycles. The van der Waals surface area contributed by atoms with E-state index < -0.39 is 29.4 Å². The van der Waals surface area contributed by atoms with E-state index in [-0.39, 0.29) is 16.5 Å². The number of benzene rings is 3. The predicted molar refractivity (Wildman–Crippen MR) is 113 cm³/mol. The van der Waals surface area contributed by atoms with E-state index in [1.165, 1.54) is 31.4 Å². The zero-order valence-electron chi connectivity index (χ0n) is 16.6. The number of amides is 1. The Bertz CT molecular complexity index is 1160. The fourth-order valence-electron chi connectivity index (χ4n) is 2.92. The molecule has 0 aliphatic rings. The van der Waals surface area contributed by atoms with Crippen molar-refractivity contribution in [3.63, 3.8) is 0 Å². The fourth-order valence-corrected chi connectivity index (χ4v) is 3.09. The van der Waals surface area contributed by atoms with Crippen molar-refractivity contribution in [2.45, 2.75) is 12.3 Å². The second kappa shape index (κ2) is 9.62. The van der Waals surface area contributed by atoms with Gasteiger partial charge in [-0.1, -0.05) is 41.9 Å². The Hall–Kier alpha value is -3.70. The van der Waals surface area contributed by atoms with Gasteiger partial charge in [-0.2, -0.15) is 18.4 Å². The molecule has 32 heavy (non-hydrogen) atoms. The van der Waals surface area contributed by atoms with E-state index in [0.717, 1.165) is 12.1 Å². The lowest BCUT2D eigenvalue weighted by atomic mass is 10.1. The van der Waals surface area contributed by atoms with Gasteiger partial charge in [0.25, 0.3) is 5.91 Å². The molecule has 1 N–H and O–H groups in total. The average molecular weight is 461 g/mol. The maximum Gasteiger partial charge on any atom is 0.418 e. The number of methoxy groups -OCH3 is 1. The van der Waals surface area contributed by atoms with E-state index >= 15 is 0 Å². The van der Waals surface area contributed by atoms with Gasteiger partial charge in [-0.3, -0.25) is 4.79 Å². The van der Waals surface area contributed by atoms with Crippen LogP contribution in [0, 0.1) is 11.3 Å². The summed E-state index contributed by atoms with van der Waals surface area (Å²) in [5, 5.41) is 11.2. The van der Waals surface area contributed by atoms with Gasteiger partial charge in [0.1, 0.15) is 0 Å². The quantitative estimate of drug-likeness (QED) is 0.490. The van der Waals surface area contributed by atoms with Crippen LogP contribution in [0.5, 0.6) is 11.5 Å². The summed E-state index contributed by atoms with van der Waals surface area (Å²) in [4.78, 5) is 13.1. The zero-order chi connectivity index (χ0) is 23.3. The molecule has 0 aliphatic carbocycles. The Balaban J connectivity index is 1.98. The van der Waals surface area contributed by atoms with Crippen LogP contribution in [-0.4, -0.2) is 13.0 Å². The van der Waals surface area contributed by atoms with Gasteiger partial charge >= 0.3 is 6.18 Å². The first-order valence-electron chi connectivity index (χ1n) is 9.20. The summed E-state index contributed by atoms with van der Waals surface area (Å²) in [5.41, 5.74) is -0.825. The van der Waals surface area contributed by atoms with Crippen LogP contribution in [0.15, 0.2) is 66.7 Å². The van der Waals surface area contributed by atoms with Gasteiger partial charge in [-0.05, 0) is 30.3 Å². The third-order valence-electron chi connectivity index (χ3n) is 4.42. The number of nitrogens with zero attached hydrogens (tertiary/aromatic N) is 1. The molecule has 9 heteroatoms. The van der Waals surface area contributed by atoms with Crippen LogP contribution in [0.1, 0.15) is 22.8 Å². The van der Waals surface area contributed by atoms with Crippen molar-refractivity contribution < 1.29 is 27.4 Å². The van der Waals surface area contributed by atoms with Crippen molar-refractivity contribution in [3.05, 3.63) is 88.4 Å². The lowest BCUT2D eigenvalue weighted by molar-refractivity contribution is -0.137. The van der Waals surface area contributed by atoms with Crippen LogP contribution in [0.25, 0.3) is 0 Å². The molecule has 1 amide bonds. The highest BCUT2D eigenvalue weighted by Crippen LogP contribution is 2.38. The van der Waals surface area contributed by atoms with E-state index in [2.05, 4.69) is 5.32 Å². The third kappa shape index (κ3) is 5.31. The Morgan fingerprint density at radius 2 is 1.78 bits per heavy atom. The first kappa shape index (κ1) is 23.0. The monoisotopic (exact) mass is 460 g/mol. The topological polar surface area (TPSA) is 71.3 Å². The van der Waals surface area contributed by atoms with Gasteiger partial charge in [-0.15, -0.1) is 0 Å². The number of nitriles is 1. The first-order chi connectivity index (χ1) is 15.2. The molecule has 0 bridgehead atoms. The van der Waals surface area contributed by atoms with E-state index in [1.807, 2.05) is 6.07 Å². The van der Waals surface area contributed by atoms with E-state index in [1.54, 1.807) is 30.3 Å². The first-order valence-corrected chi connectivity index (χ1v) is 9.58. The van der Waals surface area contributed by atoms with Crippen molar-refractivity contribution in [3.8, 4) is 17.6 Å². The molecule has 0 spiro atoms. The highest BCUT2D eigenvalue weighted by Gasteiger charge is 2.35. The lowest BCUT2D eigenvalue weighted by Gasteiger charge is -2.22. The van der Waals surface area contributed by atoms with Crippen LogP contribution in [0.4, 0.5) is 18.9 Å². The summed E-state index contributed by atoms with van der Waals surface area (Å²) < 4.78 is 51.4.